The topological polar surface area (TPSA) is 58.9 Å². The fourth-order valence-electron chi connectivity index (χ4n) is 1.47. The van der Waals surface area contributed by atoms with Crippen molar-refractivity contribution >= 4 is 0 Å². The summed E-state index contributed by atoms with van der Waals surface area (Å²) in [6.07, 6.45) is -0.840. The number of fused-ring (bicyclic) bond motifs is 1. The third-order valence-electron chi connectivity index (χ3n) is 2.19. The monoisotopic (exact) mass is 146 g/mol. The summed E-state index contributed by atoms with van der Waals surface area (Å²) in [5, 5.41) is 18.7. The van der Waals surface area contributed by atoms with Crippen molar-refractivity contribution in [3.05, 3.63) is 0 Å². The first-order chi connectivity index (χ1) is 4.72. The second-order valence-corrected chi connectivity index (χ2v) is 2.93. The molecule has 0 amide bonds. The van der Waals surface area contributed by atoms with Gasteiger partial charge in [0.05, 0.1) is 25.7 Å². The van der Waals surface area contributed by atoms with Crippen molar-refractivity contribution in [3.8, 4) is 0 Å². The molecule has 0 aliphatic carbocycles. The highest BCUT2D eigenvalue weighted by Gasteiger charge is 2.52. The minimum atomic E-state index is -0.917. The van der Waals surface area contributed by atoms with Crippen molar-refractivity contribution in [1.29, 1.82) is 0 Å². The first-order valence-corrected chi connectivity index (χ1v) is 3.32. The summed E-state index contributed by atoms with van der Waals surface area (Å²) in [6, 6.07) is 0. The van der Waals surface area contributed by atoms with Gasteiger partial charge in [0, 0.05) is 0 Å². The largest absolute Gasteiger partial charge is 0.384 e. The molecule has 58 valence electrons. The molecule has 4 heteroatoms. The third kappa shape index (κ3) is 0.703. The van der Waals surface area contributed by atoms with E-state index in [1.165, 1.54) is 0 Å². The number of aliphatic hydroxyl groups excluding tert-OH is 1. The van der Waals surface area contributed by atoms with E-state index in [1.807, 2.05) is 0 Å². The summed E-state index contributed by atoms with van der Waals surface area (Å²) in [7, 11) is 0. The van der Waals surface area contributed by atoms with Crippen LogP contribution in [0.1, 0.15) is 0 Å². The molecule has 3 atom stereocenters. The van der Waals surface area contributed by atoms with E-state index in [0.717, 1.165) is 0 Å². The van der Waals surface area contributed by atoms with E-state index in [4.69, 9.17) is 14.6 Å². The lowest BCUT2D eigenvalue weighted by Crippen LogP contribution is -2.37. The van der Waals surface area contributed by atoms with Crippen LogP contribution in [0, 0.1) is 5.92 Å². The molecule has 0 radical (unpaired) electrons. The first kappa shape index (κ1) is 6.54. The van der Waals surface area contributed by atoms with Crippen molar-refractivity contribution in [2.24, 2.45) is 5.92 Å². The number of hydrogen-bond acceptors (Lipinski definition) is 4. The zero-order valence-corrected chi connectivity index (χ0v) is 5.49. The summed E-state index contributed by atoms with van der Waals surface area (Å²) in [4.78, 5) is 0. The van der Waals surface area contributed by atoms with Crippen LogP contribution in [0.4, 0.5) is 0 Å². The maximum absolute atomic E-state index is 9.59. The molecule has 0 aromatic carbocycles. The molecule has 2 rings (SSSR count). The number of hydrogen-bond donors (Lipinski definition) is 2. The van der Waals surface area contributed by atoms with Crippen LogP contribution in [0.3, 0.4) is 0 Å². The Morgan fingerprint density at radius 3 is 2.90 bits per heavy atom. The van der Waals surface area contributed by atoms with Gasteiger partial charge < -0.3 is 19.7 Å². The minimum Gasteiger partial charge on any atom is -0.384 e. The van der Waals surface area contributed by atoms with Crippen LogP contribution in [0.5, 0.6) is 0 Å². The van der Waals surface area contributed by atoms with E-state index in [-0.39, 0.29) is 19.1 Å². The Balaban J connectivity index is 2.19. The maximum atomic E-state index is 9.59. The lowest BCUT2D eigenvalue weighted by Gasteiger charge is -2.16. The molecule has 0 aromatic heterocycles. The van der Waals surface area contributed by atoms with Crippen molar-refractivity contribution in [2.45, 2.75) is 11.9 Å². The summed E-state index contributed by atoms with van der Waals surface area (Å²) >= 11 is 0. The van der Waals surface area contributed by atoms with E-state index in [9.17, 15) is 5.11 Å². The summed E-state index contributed by atoms with van der Waals surface area (Å²) in [5.41, 5.74) is -0.917. The maximum Gasteiger partial charge on any atom is 0.162 e. The van der Waals surface area contributed by atoms with Crippen LogP contribution in [0.2, 0.25) is 0 Å². The quantitative estimate of drug-likeness (QED) is 0.446. The van der Waals surface area contributed by atoms with Crippen LogP contribution in [-0.2, 0) is 9.47 Å². The predicted octanol–water partition coefficient (Wildman–Crippen LogP) is -1.29. The number of aliphatic hydroxyl groups is 2. The SMILES string of the molecule is O[C@H]1OC[C@]2(O)COC[C@H]12. The highest BCUT2D eigenvalue weighted by Crippen LogP contribution is 2.34. The zero-order valence-electron chi connectivity index (χ0n) is 5.49. The van der Waals surface area contributed by atoms with Crippen LogP contribution >= 0.6 is 0 Å². The smallest absolute Gasteiger partial charge is 0.162 e. The molecule has 4 nitrogen and oxygen atoms in total. The van der Waals surface area contributed by atoms with Gasteiger partial charge in [-0.1, -0.05) is 0 Å². The zero-order chi connectivity index (χ0) is 7.19. The standard InChI is InChI=1S/C6H10O4/c7-5-4-1-9-2-6(4,8)3-10-5/h4-5,7-8H,1-3H2/t4-,5+,6-/m1/s1. The molecule has 0 unspecified atom stereocenters. The van der Waals surface area contributed by atoms with Crippen LogP contribution in [0.25, 0.3) is 0 Å². The Bertz CT molecular complexity index is 149. The molecule has 2 saturated heterocycles. The summed E-state index contributed by atoms with van der Waals surface area (Å²) in [5.74, 6) is -0.243. The molecule has 0 bridgehead atoms. The molecule has 10 heavy (non-hydrogen) atoms. The number of ether oxygens (including phenoxy) is 2. The third-order valence-corrected chi connectivity index (χ3v) is 2.19. The fourth-order valence-corrected chi connectivity index (χ4v) is 1.47. The Morgan fingerprint density at radius 1 is 1.40 bits per heavy atom. The van der Waals surface area contributed by atoms with Gasteiger partial charge in [-0.15, -0.1) is 0 Å². The Kier molecular flexibility index (Phi) is 1.25. The van der Waals surface area contributed by atoms with Crippen molar-refractivity contribution in [3.63, 3.8) is 0 Å². The second-order valence-electron chi connectivity index (χ2n) is 2.93. The van der Waals surface area contributed by atoms with Crippen LogP contribution < -0.4 is 0 Å². The Labute approximate surface area is 58.4 Å². The first-order valence-electron chi connectivity index (χ1n) is 3.32. The molecule has 0 saturated carbocycles. The van der Waals surface area contributed by atoms with Gasteiger partial charge in [-0.3, -0.25) is 0 Å². The fraction of sp³-hybridized carbons (Fsp3) is 1.00. The minimum absolute atomic E-state index is 0.193. The van der Waals surface area contributed by atoms with E-state index in [1.54, 1.807) is 0 Å². The van der Waals surface area contributed by atoms with Gasteiger partial charge in [-0.05, 0) is 0 Å². The van der Waals surface area contributed by atoms with Gasteiger partial charge in [-0.2, -0.15) is 0 Å². The molecule has 2 aliphatic heterocycles. The molecular formula is C6H10O4. The van der Waals surface area contributed by atoms with E-state index < -0.39 is 11.9 Å². The van der Waals surface area contributed by atoms with Gasteiger partial charge in [0.15, 0.2) is 6.29 Å². The summed E-state index contributed by atoms with van der Waals surface area (Å²) < 4.78 is 9.84. The van der Waals surface area contributed by atoms with E-state index >= 15 is 0 Å². The van der Waals surface area contributed by atoms with E-state index in [0.29, 0.717) is 6.61 Å². The molecule has 0 aromatic rings. The summed E-state index contributed by atoms with van der Waals surface area (Å²) in [6.45, 7) is 0.880. The highest BCUT2D eigenvalue weighted by atomic mass is 16.6. The van der Waals surface area contributed by atoms with Gasteiger partial charge in [0.25, 0.3) is 0 Å². The van der Waals surface area contributed by atoms with Gasteiger partial charge in [-0.25, -0.2) is 0 Å². The normalized spacial score (nSPS) is 53.4. The van der Waals surface area contributed by atoms with Crippen molar-refractivity contribution < 1.29 is 19.7 Å². The highest BCUT2D eigenvalue weighted by molar-refractivity contribution is 4.96. The van der Waals surface area contributed by atoms with Crippen LogP contribution in [0.15, 0.2) is 0 Å². The molecule has 2 heterocycles. The van der Waals surface area contributed by atoms with Gasteiger partial charge in [0.1, 0.15) is 5.60 Å². The Morgan fingerprint density at radius 2 is 2.20 bits per heavy atom. The van der Waals surface area contributed by atoms with E-state index in [2.05, 4.69) is 0 Å². The molecule has 2 fully saturated rings. The van der Waals surface area contributed by atoms with Gasteiger partial charge >= 0.3 is 0 Å². The predicted molar refractivity (Wildman–Crippen MR) is 31.2 cm³/mol. The van der Waals surface area contributed by atoms with Crippen molar-refractivity contribution in [2.75, 3.05) is 19.8 Å². The average molecular weight is 146 g/mol. The molecule has 2 aliphatic rings. The lowest BCUT2D eigenvalue weighted by atomic mass is 9.94. The molecule has 2 N–H and O–H groups in total. The molecule has 0 spiro atoms. The van der Waals surface area contributed by atoms with Gasteiger partial charge in [0.2, 0.25) is 0 Å². The number of rotatable bonds is 0. The van der Waals surface area contributed by atoms with Crippen LogP contribution in [-0.4, -0.2) is 41.9 Å². The molecular weight excluding hydrogens is 136 g/mol. The average Bonchev–Trinajstić information content (AvgIpc) is 2.35. The Hall–Kier alpha value is -0.160. The van der Waals surface area contributed by atoms with Crippen molar-refractivity contribution in [1.82, 2.24) is 0 Å². The second kappa shape index (κ2) is 1.92. The lowest BCUT2D eigenvalue weighted by molar-refractivity contribution is -0.0927.